The second-order valence-corrected chi connectivity index (χ2v) is 7.96. The van der Waals surface area contributed by atoms with Gasteiger partial charge in [-0.25, -0.2) is 8.42 Å². The number of amides is 1. The summed E-state index contributed by atoms with van der Waals surface area (Å²) in [7, 11) is -1.46. The van der Waals surface area contributed by atoms with Crippen LogP contribution in [-0.4, -0.2) is 50.4 Å². The van der Waals surface area contributed by atoms with Crippen LogP contribution in [-0.2, 0) is 14.6 Å². The molecule has 0 radical (unpaired) electrons. The maximum atomic E-state index is 12.2. The number of carbonyl (C=O) groups is 1. The van der Waals surface area contributed by atoms with Crippen molar-refractivity contribution in [1.82, 2.24) is 4.90 Å². The fourth-order valence-corrected chi connectivity index (χ4v) is 1.76. The maximum Gasteiger partial charge on any atom is 0.229 e. The van der Waals surface area contributed by atoms with Gasteiger partial charge in [-0.05, 0) is 27.7 Å². The molecular weight excluding hydrogens is 240 g/mol. The van der Waals surface area contributed by atoms with Crippen LogP contribution in [0.15, 0.2) is 0 Å². The van der Waals surface area contributed by atoms with Gasteiger partial charge in [-0.15, -0.1) is 0 Å². The van der Waals surface area contributed by atoms with Crippen LogP contribution in [0.2, 0.25) is 0 Å². The minimum absolute atomic E-state index is 0.0314. The van der Waals surface area contributed by atoms with Gasteiger partial charge in [0.2, 0.25) is 5.91 Å². The van der Waals surface area contributed by atoms with Crippen molar-refractivity contribution in [2.75, 3.05) is 25.6 Å². The average molecular weight is 264 g/mol. The molecule has 0 aliphatic rings. The molecule has 17 heavy (non-hydrogen) atoms. The van der Waals surface area contributed by atoms with Crippen molar-refractivity contribution in [3.05, 3.63) is 0 Å². The fourth-order valence-electron chi connectivity index (χ4n) is 1.16. The average Bonchev–Trinajstić information content (AvgIpc) is 2.09. The highest BCUT2D eigenvalue weighted by Crippen LogP contribution is 2.30. The second kappa shape index (κ2) is 4.94. The third kappa shape index (κ3) is 4.63. The van der Waals surface area contributed by atoms with E-state index in [1.807, 2.05) is 0 Å². The molecule has 0 heterocycles. The number of sulfone groups is 1. The van der Waals surface area contributed by atoms with Crippen molar-refractivity contribution in [3.8, 4) is 0 Å². The standard InChI is InChI=1S/C11H24N2O3S/c1-10(2,11(3,4)12)9(14)13(5)7-8-17(6,15)16/h7-8,12H2,1-6H3. The molecule has 0 rings (SSSR count). The Labute approximate surface area is 104 Å². The van der Waals surface area contributed by atoms with Gasteiger partial charge >= 0.3 is 0 Å². The molecule has 0 bridgehead atoms. The van der Waals surface area contributed by atoms with Gasteiger partial charge in [0.05, 0.1) is 11.2 Å². The van der Waals surface area contributed by atoms with E-state index in [2.05, 4.69) is 0 Å². The van der Waals surface area contributed by atoms with Gasteiger partial charge in [-0.2, -0.15) is 0 Å². The molecule has 102 valence electrons. The van der Waals surface area contributed by atoms with Crippen molar-refractivity contribution < 1.29 is 13.2 Å². The SMILES string of the molecule is CN(CCS(C)(=O)=O)C(=O)C(C)(C)C(C)(C)N. The van der Waals surface area contributed by atoms with Crippen molar-refractivity contribution in [1.29, 1.82) is 0 Å². The summed E-state index contributed by atoms with van der Waals surface area (Å²) in [6.07, 6.45) is 1.16. The van der Waals surface area contributed by atoms with E-state index < -0.39 is 20.8 Å². The van der Waals surface area contributed by atoms with Crippen LogP contribution in [0.5, 0.6) is 0 Å². The van der Waals surface area contributed by atoms with Crippen LogP contribution >= 0.6 is 0 Å². The number of nitrogens with zero attached hydrogens (tertiary/aromatic N) is 1. The van der Waals surface area contributed by atoms with Gasteiger partial charge in [-0.1, -0.05) is 0 Å². The lowest BCUT2D eigenvalue weighted by molar-refractivity contribution is -0.141. The van der Waals surface area contributed by atoms with Gasteiger partial charge in [-0.3, -0.25) is 4.79 Å². The molecule has 0 aliphatic heterocycles. The van der Waals surface area contributed by atoms with E-state index >= 15 is 0 Å². The summed E-state index contributed by atoms with van der Waals surface area (Å²) >= 11 is 0. The van der Waals surface area contributed by atoms with E-state index in [0.29, 0.717) is 0 Å². The molecule has 1 amide bonds. The quantitative estimate of drug-likeness (QED) is 0.772. The lowest BCUT2D eigenvalue weighted by Gasteiger charge is -2.39. The zero-order chi connectivity index (χ0) is 14.1. The summed E-state index contributed by atoms with van der Waals surface area (Å²) in [6, 6.07) is 0. The Kier molecular flexibility index (Phi) is 4.76. The normalized spacial score (nSPS) is 13.6. The monoisotopic (exact) mass is 264 g/mol. The first kappa shape index (κ1) is 16.4. The molecular formula is C11H24N2O3S. The highest BCUT2D eigenvalue weighted by molar-refractivity contribution is 7.90. The lowest BCUT2D eigenvalue weighted by Crippen LogP contribution is -2.56. The Morgan fingerprint density at radius 2 is 1.65 bits per heavy atom. The Bertz CT molecular complexity index is 380. The van der Waals surface area contributed by atoms with E-state index in [-0.39, 0.29) is 18.2 Å². The first-order chi connectivity index (χ1) is 7.29. The van der Waals surface area contributed by atoms with Crippen LogP contribution in [0.3, 0.4) is 0 Å². The Morgan fingerprint density at radius 3 is 1.94 bits per heavy atom. The van der Waals surface area contributed by atoms with Crippen LogP contribution in [0, 0.1) is 5.41 Å². The lowest BCUT2D eigenvalue weighted by atomic mass is 9.74. The zero-order valence-electron chi connectivity index (χ0n) is 11.6. The van der Waals surface area contributed by atoms with E-state index in [9.17, 15) is 13.2 Å². The predicted octanol–water partition coefficient (Wildman–Crippen LogP) is 0.253. The molecule has 0 atom stereocenters. The summed E-state index contributed by atoms with van der Waals surface area (Å²) in [4.78, 5) is 13.6. The van der Waals surface area contributed by atoms with Crippen molar-refractivity contribution in [3.63, 3.8) is 0 Å². The third-order valence-corrected chi connectivity index (χ3v) is 4.21. The molecule has 0 fully saturated rings. The van der Waals surface area contributed by atoms with Gasteiger partial charge in [0.15, 0.2) is 0 Å². The van der Waals surface area contributed by atoms with Crippen molar-refractivity contribution in [2.45, 2.75) is 33.2 Å². The molecule has 0 aromatic heterocycles. The molecule has 0 aromatic rings. The summed E-state index contributed by atoms with van der Waals surface area (Å²) in [5.74, 6) is -0.176. The van der Waals surface area contributed by atoms with Gasteiger partial charge in [0, 0.05) is 25.4 Å². The first-order valence-electron chi connectivity index (χ1n) is 5.51. The topological polar surface area (TPSA) is 80.5 Å². The number of carbonyl (C=O) groups excluding carboxylic acids is 1. The maximum absolute atomic E-state index is 12.2. The minimum atomic E-state index is -3.06. The van der Waals surface area contributed by atoms with E-state index in [1.54, 1.807) is 34.7 Å². The van der Waals surface area contributed by atoms with E-state index in [4.69, 9.17) is 5.73 Å². The number of rotatable bonds is 5. The summed E-state index contributed by atoms with van der Waals surface area (Å²) < 4.78 is 22.1. The van der Waals surface area contributed by atoms with Crippen LogP contribution < -0.4 is 5.73 Å². The largest absolute Gasteiger partial charge is 0.344 e. The summed E-state index contributed by atoms with van der Waals surface area (Å²) in [6.45, 7) is 7.31. The number of nitrogens with two attached hydrogens (primary N) is 1. The van der Waals surface area contributed by atoms with Crippen molar-refractivity contribution in [2.24, 2.45) is 11.1 Å². The molecule has 0 aliphatic carbocycles. The van der Waals surface area contributed by atoms with E-state index in [1.165, 1.54) is 4.90 Å². The predicted molar refractivity (Wildman–Crippen MR) is 69.4 cm³/mol. The molecule has 0 spiro atoms. The van der Waals surface area contributed by atoms with Crippen molar-refractivity contribution >= 4 is 15.7 Å². The highest BCUT2D eigenvalue weighted by Gasteiger charge is 2.41. The molecule has 2 N–H and O–H groups in total. The fraction of sp³-hybridized carbons (Fsp3) is 0.909. The smallest absolute Gasteiger partial charge is 0.229 e. The number of hydrogen-bond acceptors (Lipinski definition) is 4. The van der Waals surface area contributed by atoms with Gasteiger partial charge < -0.3 is 10.6 Å². The Morgan fingerprint density at radius 1 is 1.24 bits per heavy atom. The van der Waals surface area contributed by atoms with Crippen LogP contribution in [0.4, 0.5) is 0 Å². The van der Waals surface area contributed by atoms with Gasteiger partial charge in [0.1, 0.15) is 9.84 Å². The number of hydrogen-bond donors (Lipinski definition) is 1. The molecule has 0 aromatic carbocycles. The minimum Gasteiger partial charge on any atom is -0.344 e. The Balaban J connectivity index is 4.73. The molecule has 0 unspecified atom stereocenters. The molecule has 6 heteroatoms. The summed E-state index contributed by atoms with van der Waals surface area (Å²) in [5.41, 5.74) is 4.57. The van der Waals surface area contributed by atoms with Crippen LogP contribution in [0.1, 0.15) is 27.7 Å². The molecule has 0 saturated carbocycles. The molecule has 0 saturated heterocycles. The van der Waals surface area contributed by atoms with Gasteiger partial charge in [0.25, 0.3) is 0 Å². The zero-order valence-corrected chi connectivity index (χ0v) is 12.4. The Hall–Kier alpha value is -0.620. The highest BCUT2D eigenvalue weighted by atomic mass is 32.2. The van der Waals surface area contributed by atoms with Crippen LogP contribution in [0.25, 0.3) is 0 Å². The first-order valence-corrected chi connectivity index (χ1v) is 7.57. The second-order valence-electron chi connectivity index (χ2n) is 5.70. The third-order valence-electron chi connectivity index (χ3n) is 3.29. The van der Waals surface area contributed by atoms with E-state index in [0.717, 1.165) is 6.26 Å². The summed E-state index contributed by atoms with van der Waals surface area (Å²) in [5, 5.41) is 0. The molecule has 5 nitrogen and oxygen atoms in total.